The van der Waals surface area contributed by atoms with Crippen LogP contribution in [0.2, 0.25) is 0 Å². The Morgan fingerprint density at radius 2 is 1.64 bits per heavy atom. The fourth-order valence-electron chi connectivity index (χ4n) is 2.28. The molecule has 0 saturated heterocycles. The molecule has 0 aliphatic heterocycles. The lowest BCUT2D eigenvalue weighted by atomic mass is 10.1. The van der Waals surface area contributed by atoms with E-state index in [0.29, 0.717) is 0 Å². The minimum absolute atomic E-state index is 0.0845. The number of hydrogen-bond acceptors (Lipinski definition) is 6. The Morgan fingerprint density at radius 1 is 1.00 bits per heavy atom. The molecule has 1 heterocycles. The van der Waals surface area contributed by atoms with Crippen LogP contribution in [0.5, 0.6) is 0 Å². The quantitative estimate of drug-likeness (QED) is 0.580. The predicted octanol–water partition coefficient (Wildman–Crippen LogP) is 0.407. The molecule has 10 heteroatoms. The van der Waals surface area contributed by atoms with Crippen molar-refractivity contribution in [3.63, 3.8) is 0 Å². The minimum atomic E-state index is -3.28. The van der Waals surface area contributed by atoms with E-state index in [4.69, 9.17) is 4.42 Å². The number of carbonyl (C=O) groups excluding carboxylic acids is 3. The predicted molar refractivity (Wildman–Crippen MR) is 100 cm³/mol. The average Bonchev–Trinajstić information content (AvgIpc) is 3.18. The maximum absolute atomic E-state index is 12.0. The molecule has 0 aliphatic rings. The number of nitrogens with one attached hydrogen (secondary N) is 3. The van der Waals surface area contributed by atoms with Crippen molar-refractivity contribution in [3.8, 4) is 0 Å². The molecule has 0 spiro atoms. The van der Waals surface area contributed by atoms with Crippen LogP contribution in [0.3, 0.4) is 0 Å². The van der Waals surface area contributed by atoms with Crippen LogP contribution in [0, 0.1) is 0 Å². The second kappa shape index (κ2) is 9.18. The van der Waals surface area contributed by atoms with Crippen LogP contribution < -0.4 is 16.0 Å². The third-order valence-electron chi connectivity index (χ3n) is 3.79. The monoisotopic (exact) mass is 407 g/mol. The number of hydrogen-bond donors (Lipinski definition) is 3. The van der Waals surface area contributed by atoms with Gasteiger partial charge in [-0.25, -0.2) is 8.42 Å². The fraction of sp³-hybridized carbons (Fsp3) is 0.278. The molecule has 9 nitrogen and oxygen atoms in total. The lowest BCUT2D eigenvalue weighted by Gasteiger charge is -2.15. The van der Waals surface area contributed by atoms with Gasteiger partial charge in [0.05, 0.1) is 30.3 Å². The van der Waals surface area contributed by atoms with E-state index in [2.05, 4.69) is 16.0 Å². The maximum Gasteiger partial charge on any atom is 0.287 e. The van der Waals surface area contributed by atoms with Crippen molar-refractivity contribution in [2.75, 3.05) is 19.3 Å². The molecule has 1 unspecified atom stereocenters. The highest BCUT2D eigenvalue weighted by atomic mass is 32.2. The van der Waals surface area contributed by atoms with Crippen LogP contribution in [0.4, 0.5) is 0 Å². The average molecular weight is 407 g/mol. The number of rotatable bonds is 8. The van der Waals surface area contributed by atoms with Gasteiger partial charge in [0, 0.05) is 6.26 Å². The van der Waals surface area contributed by atoms with Crippen LogP contribution in [0.1, 0.15) is 29.1 Å². The molecule has 1 atom stereocenters. The van der Waals surface area contributed by atoms with Gasteiger partial charge in [-0.2, -0.15) is 0 Å². The smallest absolute Gasteiger partial charge is 0.287 e. The van der Waals surface area contributed by atoms with E-state index in [9.17, 15) is 22.8 Å². The summed E-state index contributed by atoms with van der Waals surface area (Å²) in [5.74, 6) is -1.40. The highest BCUT2D eigenvalue weighted by molar-refractivity contribution is 7.90. The van der Waals surface area contributed by atoms with Crippen LogP contribution >= 0.6 is 0 Å². The zero-order chi connectivity index (χ0) is 20.7. The molecule has 0 fully saturated rings. The molecule has 1 aromatic carbocycles. The van der Waals surface area contributed by atoms with E-state index in [-0.39, 0.29) is 29.8 Å². The molecule has 28 heavy (non-hydrogen) atoms. The topological polar surface area (TPSA) is 135 Å². The molecule has 0 saturated carbocycles. The van der Waals surface area contributed by atoms with Gasteiger partial charge < -0.3 is 20.4 Å². The Labute approximate surface area is 162 Å². The largest absolute Gasteiger partial charge is 0.459 e. The molecule has 0 radical (unpaired) electrons. The number of benzene rings is 1. The lowest BCUT2D eigenvalue weighted by Crippen LogP contribution is -2.42. The van der Waals surface area contributed by atoms with Crippen molar-refractivity contribution < 1.29 is 27.2 Å². The molecule has 2 aromatic rings. The van der Waals surface area contributed by atoms with Crippen molar-refractivity contribution in [1.82, 2.24) is 16.0 Å². The summed E-state index contributed by atoms with van der Waals surface area (Å²) in [7, 11) is -3.28. The Balaban J connectivity index is 1.75. The summed E-state index contributed by atoms with van der Waals surface area (Å²) in [6, 6.07) is 8.80. The summed E-state index contributed by atoms with van der Waals surface area (Å²) in [6.07, 6.45) is 2.46. The highest BCUT2D eigenvalue weighted by Gasteiger charge is 2.14. The Hall–Kier alpha value is -3.14. The first kappa shape index (κ1) is 21.2. The maximum atomic E-state index is 12.0. The van der Waals surface area contributed by atoms with Gasteiger partial charge in [-0.05, 0) is 36.8 Å². The molecule has 0 aliphatic carbocycles. The van der Waals surface area contributed by atoms with Gasteiger partial charge in [0.1, 0.15) is 0 Å². The SMILES string of the molecule is CC(NC(=O)CNC(=O)CNC(=O)c1ccco1)c1ccc(S(C)(=O)=O)cc1. The van der Waals surface area contributed by atoms with Crippen molar-refractivity contribution in [2.24, 2.45) is 0 Å². The molecular weight excluding hydrogens is 386 g/mol. The Kier molecular flexibility index (Phi) is 6.94. The zero-order valence-electron chi connectivity index (χ0n) is 15.4. The highest BCUT2D eigenvalue weighted by Crippen LogP contribution is 2.16. The van der Waals surface area contributed by atoms with Gasteiger partial charge in [0.25, 0.3) is 5.91 Å². The third kappa shape index (κ3) is 6.23. The first-order chi connectivity index (χ1) is 13.2. The van der Waals surface area contributed by atoms with Gasteiger partial charge >= 0.3 is 0 Å². The van der Waals surface area contributed by atoms with Crippen molar-refractivity contribution >= 4 is 27.6 Å². The van der Waals surface area contributed by atoms with Crippen LogP contribution in [0.25, 0.3) is 0 Å². The van der Waals surface area contributed by atoms with Gasteiger partial charge in [0.2, 0.25) is 11.8 Å². The molecule has 0 bridgehead atoms. The summed E-state index contributed by atoms with van der Waals surface area (Å²) in [5, 5.41) is 7.45. The third-order valence-corrected chi connectivity index (χ3v) is 4.91. The first-order valence-electron chi connectivity index (χ1n) is 8.34. The van der Waals surface area contributed by atoms with Crippen LogP contribution in [0.15, 0.2) is 52.0 Å². The van der Waals surface area contributed by atoms with Crippen LogP contribution in [-0.2, 0) is 19.4 Å². The second-order valence-electron chi connectivity index (χ2n) is 6.07. The molecule has 1 aromatic heterocycles. The molecular formula is C18H21N3O6S. The number of carbonyl (C=O) groups is 3. The summed E-state index contributed by atoms with van der Waals surface area (Å²) in [4.78, 5) is 35.5. The first-order valence-corrected chi connectivity index (χ1v) is 10.2. The van der Waals surface area contributed by atoms with Gasteiger partial charge in [0.15, 0.2) is 15.6 Å². The second-order valence-corrected chi connectivity index (χ2v) is 8.08. The molecule has 3 amide bonds. The van der Waals surface area contributed by atoms with Gasteiger partial charge in [-0.3, -0.25) is 14.4 Å². The summed E-state index contributed by atoms with van der Waals surface area (Å²) in [5.41, 5.74) is 0.720. The van der Waals surface area contributed by atoms with E-state index in [1.807, 2.05) is 0 Å². The van der Waals surface area contributed by atoms with E-state index >= 15 is 0 Å². The standard InChI is InChI=1S/C18H21N3O6S/c1-12(13-5-7-14(8-6-13)28(2,25)26)21-17(23)11-19-16(22)10-20-18(24)15-4-3-9-27-15/h3-9,12H,10-11H2,1-2H3,(H,19,22)(H,20,24)(H,21,23). The summed E-state index contributed by atoms with van der Waals surface area (Å²) in [6.45, 7) is 1.18. The summed E-state index contributed by atoms with van der Waals surface area (Å²) < 4.78 is 27.8. The minimum Gasteiger partial charge on any atom is -0.459 e. The van der Waals surface area contributed by atoms with Crippen molar-refractivity contribution in [3.05, 3.63) is 54.0 Å². The molecule has 3 N–H and O–H groups in total. The van der Waals surface area contributed by atoms with E-state index in [0.717, 1.165) is 11.8 Å². The molecule has 2 rings (SSSR count). The number of sulfone groups is 1. The lowest BCUT2D eigenvalue weighted by molar-refractivity contribution is -0.125. The van der Waals surface area contributed by atoms with Gasteiger partial charge in [-0.15, -0.1) is 0 Å². The molecule has 150 valence electrons. The Morgan fingerprint density at radius 3 is 2.21 bits per heavy atom. The van der Waals surface area contributed by atoms with E-state index < -0.39 is 27.6 Å². The van der Waals surface area contributed by atoms with Crippen molar-refractivity contribution in [2.45, 2.75) is 17.9 Å². The van der Waals surface area contributed by atoms with E-state index in [1.54, 1.807) is 25.1 Å². The normalized spacial score (nSPS) is 12.1. The van der Waals surface area contributed by atoms with Crippen molar-refractivity contribution in [1.29, 1.82) is 0 Å². The summed E-state index contributed by atoms with van der Waals surface area (Å²) >= 11 is 0. The Bertz CT molecular complexity index is 936. The number of amides is 3. The fourth-order valence-corrected chi connectivity index (χ4v) is 2.91. The van der Waals surface area contributed by atoms with Gasteiger partial charge in [-0.1, -0.05) is 12.1 Å². The van der Waals surface area contributed by atoms with E-state index in [1.165, 1.54) is 24.5 Å². The van der Waals surface area contributed by atoms with Crippen LogP contribution in [-0.4, -0.2) is 45.5 Å². The zero-order valence-corrected chi connectivity index (χ0v) is 16.2. The number of furan rings is 1.